The molecule has 2 amide bonds. The van der Waals surface area contributed by atoms with E-state index in [1.165, 1.54) is 0 Å². The van der Waals surface area contributed by atoms with E-state index in [1.54, 1.807) is 6.92 Å². The number of thiocarbonyl (C=S) groups is 1. The van der Waals surface area contributed by atoms with Gasteiger partial charge in [-0.25, -0.2) is 0 Å². The van der Waals surface area contributed by atoms with Crippen LogP contribution in [0.2, 0.25) is 0 Å². The Bertz CT molecular complexity index is 255. The van der Waals surface area contributed by atoms with Crippen LogP contribution in [0.5, 0.6) is 0 Å². The summed E-state index contributed by atoms with van der Waals surface area (Å²) < 4.78 is 0. The van der Waals surface area contributed by atoms with Crippen molar-refractivity contribution in [1.82, 2.24) is 10.6 Å². The van der Waals surface area contributed by atoms with Gasteiger partial charge >= 0.3 is 0 Å². The number of rotatable bonds is 2. The molecule has 0 unspecified atom stereocenters. The lowest BCUT2D eigenvalue weighted by molar-refractivity contribution is -0.142. The summed E-state index contributed by atoms with van der Waals surface area (Å²) in [6, 6.07) is 0. The fourth-order valence-electron chi connectivity index (χ4n) is 1.34. The Balaban J connectivity index is 2.89. The first-order valence-electron chi connectivity index (χ1n) is 4.17. The Hall–Kier alpha value is -0.970. The molecule has 0 spiro atoms. The van der Waals surface area contributed by atoms with Gasteiger partial charge in [0, 0.05) is 0 Å². The average Bonchev–Trinajstić information content (AvgIpc) is 2.01. The van der Waals surface area contributed by atoms with Crippen molar-refractivity contribution in [1.29, 1.82) is 0 Å². The average molecular weight is 200 g/mol. The molecule has 1 aliphatic rings. The van der Waals surface area contributed by atoms with Gasteiger partial charge in [-0.15, -0.1) is 0 Å². The minimum atomic E-state index is -0.961. The van der Waals surface area contributed by atoms with Crippen LogP contribution in [0.4, 0.5) is 0 Å². The minimum Gasteiger partial charge on any atom is -0.302 e. The molecule has 0 saturated carbocycles. The first kappa shape index (κ1) is 10.1. The van der Waals surface area contributed by atoms with Crippen molar-refractivity contribution in [2.75, 3.05) is 0 Å². The summed E-state index contributed by atoms with van der Waals surface area (Å²) >= 11 is 4.68. The molecule has 1 heterocycles. The largest absolute Gasteiger partial charge is 0.302 e. The van der Waals surface area contributed by atoms with Crippen LogP contribution < -0.4 is 10.6 Å². The van der Waals surface area contributed by atoms with Crippen LogP contribution in [-0.4, -0.2) is 16.9 Å². The lowest BCUT2D eigenvalue weighted by Crippen LogP contribution is -2.61. The van der Waals surface area contributed by atoms with E-state index in [2.05, 4.69) is 22.9 Å². The fourth-order valence-corrected chi connectivity index (χ4v) is 1.53. The fraction of sp³-hybridized carbons (Fsp3) is 0.625. The van der Waals surface area contributed by atoms with Crippen LogP contribution in [0.1, 0.15) is 26.7 Å². The number of hydrogen-bond acceptors (Lipinski definition) is 3. The Morgan fingerprint density at radius 2 is 1.77 bits per heavy atom. The number of hydrogen-bond donors (Lipinski definition) is 2. The SMILES string of the molecule is CCCC1(C)C(=O)NC(=S)NC1=O. The zero-order valence-corrected chi connectivity index (χ0v) is 8.46. The van der Waals surface area contributed by atoms with E-state index in [0.29, 0.717) is 6.42 Å². The molecule has 0 aromatic carbocycles. The number of carbonyl (C=O) groups excluding carboxylic acids is 2. The third kappa shape index (κ3) is 1.70. The summed E-state index contributed by atoms with van der Waals surface area (Å²) in [7, 11) is 0. The second-order valence-electron chi connectivity index (χ2n) is 3.32. The molecule has 0 aromatic rings. The molecular weight excluding hydrogens is 188 g/mol. The Morgan fingerprint density at radius 1 is 1.31 bits per heavy atom. The maximum absolute atomic E-state index is 11.5. The first-order valence-corrected chi connectivity index (χ1v) is 4.58. The molecule has 0 atom stereocenters. The van der Waals surface area contributed by atoms with Crippen LogP contribution in [0, 0.1) is 5.41 Å². The summed E-state index contributed by atoms with van der Waals surface area (Å²) in [5, 5.41) is 4.99. The van der Waals surface area contributed by atoms with E-state index in [0.717, 1.165) is 6.42 Å². The summed E-state index contributed by atoms with van der Waals surface area (Å²) in [6.07, 6.45) is 1.32. The van der Waals surface area contributed by atoms with Crippen molar-refractivity contribution < 1.29 is 9.59 Å². The summed E-state index contributed by atoms with van der Waals surface area (Å²) in [4.78, 5) is 22.9. The van der Waals surface area contributed by atoms with Gasteiger partial charge in [0.15, 0.2) is 5.11 Å². The Kier molecular flexibility index (Phi) is 2.66. The van der Waals surface area contributed by atoms with Crippen LogP contribution in [-0.2, 0) is 9.59 Å². The molecule has 0 aromatic heterocycles. The van der Waals surface area contributed by atoms with E-state index in [1.807, 2.05) is 6.92 Å². The molecule has 4 nitrogen and oxygen atoms in total. The molecule has 5 heteroatoms. The summed E-state index contributed by atoms with van der Waals surface area (Å²) in [5.74, 6) is -0.605. The second kappa shape index (κ2) is 3.41. The van der Waals surface area contributed by atoms with Gasteiger partial charge in [0.2, 0.25) is 11.8 Å². The van der Waals surface area contributed by atoms with E-state index in [4.69, 9.17) is 0 Å². The lowest BCUT2D eigenvalue weighted by atomic mass is 9.82. The molecule has 2 N–H and O–H groups in total. The quantitative estimate of drug-likeness (QED) is 0.498. The third-order valence-electron chi connectivity index (χ3n) is 2.21. The highest BCUT2D eigenvalue weighted by Crippen LogP contribution is 2.25. The van der Waals surface area contributed by atoms with Gasteiger partial charge in [0.1, 0.15) is 5.41 Å². The van der Waals surface area contributed by atoms with E-state index >= 15 is 0 Å². The number of amides is 2. The number of carbonyl (C=O) groups is 2. The van der Waals surface area contributed by atoms with Crippen molar-refractivity contribution >= 4 is 29.1 Å². The lowest BCUT2D eigenvalue weighted by Gasteiger charge is -2.31. The highest BCUT2D eigenvalue weighted by Gasteiger charge is 2.44. The van der Waals surface area contributed by atoms with Gasteiger partial charge in [-0.05, 0) is 25.6 Å². The smallest absolute Gasteiger partial charge is 0.241 e. The normalized spacial score (nSPS) is 20.9. The zero-order chi connectivity index (χ0) is 10.1. The van der Waals surface area contributed by atoms with Crippen LogP contribution in [0.15, 0.2) is 0 Å². The second-order valence-corrected chi connectivity index (χ2v) is 3.73. The van der Waals surface area contributed by atoms with Crippen LogP contribution in [0.25, 0.3) is 0 Å². The molecule has 13 heavy (non-hydrogen) atoms. The zero-order valence-electron chi connectivity index (χ0n) is 7.64. The highest BCUT2D eigenvalue weighted by molar-refractivity contribution is 7.80. The molecule has 1 rings (SSSR count). The maximum atomic E-state index is 11.5. The molecule has 72 valence electrons. The van der Waals surface area contributed by atoms with Gasteiger partial charge in [-0.3, -0.25) is 9.59 Å². The number of nitrogens with one attached hydrogen (secondary N) is 2. The topological polar surface area (TPSA) is 58.2 Å². The molecule has 0 aliphatic carbocycles. The van der Waals surface area contributed by atoms with Gasteiger partial charge < -0.3 is 10.6 Å². The van der Waals surface area contributed by atoms with Gasteiger partial charge in [-0.1, -0.05) is 13.3 Å². The van der Waals surface area contributed by atoms with Crippen molar-refractivity contribution in [2.24, 2.45) is 5.41 Å². The molecule has 0 bridgehead atoms. The Morgan fingerprint density at radius 3 is 2.15 bits per heavy atom. The van der Waals surface area contributed by atoms with E-state index in [9.17, 15) is 9.59 Å². The monoisotopic (exact) mass is 200 g/mol. The van der Waals surface area contributed by atoms with Crippen LogP contribution >= 0.6 is 12.2 Å². The maximum Gasteiger partial charge on any atom is 0.241 e. The van der Waals surface area contributed by atoms with Gasteiger partial charge in [0.25, 0.3) is 0 Å². The van der Waals surface area contributed by atoms with Crippen molar-refractivity contribution in [3.63, 3.8) is 0 Å². The van der Waals surface area contributed by atoms with E-state index < -0.39 is 5.41 Å². The van der Waals surface area contributed by atoms with E-state index in [-0.39, 0.29) is 16.9 Å². The van der Waals surface area contributed by atoms with Crippen molar-refractivity contribution in [3.05, 3.63) is 0 Å². The summed E-state index contributed by atoms with van der Waals surface area (Å²) in [6.45, 7) is 3.56. The third-order valence-corrected chi connectivity index (χ3v) is 2.41. The molecule has 0 radical (unpaired) electrons. The summed E-state index contributed by atoms with van der Waals surface area (Å²) in [5.41, 5.74) is -0.961. The van der Waals surface area contributed by atoms with Crippen LogP contribution in [0.3, 0.4) is 0 Å². The molecular formula is C8H12N2O2S. The minimum absolute atomic E-state index is 0.101. The predicted molar refractivity (Wildman–Crippen MR) is 51.9 cm³/mol. The van der Waals surface area contributed by atoms with Gasteiger partial charge in [-0.2, -0.15) is 0 Å². The molecule has 1 saturated heterocycles. The van der Waals surface area contributed by atoms with Crippen molar-refractivity contribution in [3.8, 4) is 0 Å². The van der Waals surface area contributed by atoms with Crippen molar-refractivity contribution in [2.45, 2.75) is 26.7 Å². The highest BCUT2D eigenvalue weighted by atomic mass is 32.1. The molecule has 1 fully saturated rings. The van der Waals surface area contributed by atoms with Gasteiger partial charge in [0.05, 0.1) is 0 Å². The Labute approximate surface area is 82.1 Å². The first-order chi connectivity index (χ1) is 6.00. The molecule has 1 aliphatic heterocycles. The predicted octanol–water partition coefficient (Wildman–Crippen LogP) is 0.324. The standard InChI is InChI=1S/C8H12N2O2S/c1-3-4-8(2)5(11)9-7(13)10-6(8)12/h3-4H2,1-2H3,(H2,9,10,11,12,13).